The van der Waals surface area contributed by atoms with E-state index >= 15 is 0 Å². The maximum Gasteiger partial charge on any atom is 0.222 e. The van der Waals surface area contributed by atoms with Crippen LogP contribution in [0.2, 0.25) is 0 Å². The van der Waals surface area contributed by atoms with Gasteiger partial charge in [-0.15, -0.1) is 0 Å². The van der Waals surface area contributed by atoms with Gasteiger partial charge in [-0.2, -0.15) is 0 Å². The number of hydrogen-bond donors (Lipinski definition) is 2. The van der Waals surface area contributed by atoms with Crippen molar-refractivity contribution in [3.05, 3.63) is 0 Å². The van der Waals surface area contributed by atoms with Crippen molar-refractivity contribution in [3.63, 3.8) is 0 Å². The van der Waals surface area contributed by atoms with Gasteiger partial charge in [-0.1, -0.05) is 235 Å². The van der Waals surface area contributed by atoms with Gasteiger partial charge >= 0.3 is 0 Å². The van der Waals surface area contributed by atoms with Gasteiger partial charge in [0.2, 0.25) is 23.6 Å². The summed E-state index contributed by atoms with van der Waals surface area (Å²) >= 11 is 0. The van der Waals surface area contributed by atoms with Crippen LogP contribution in [0.1, 0.15) is 412 Å². The maximum atomic E-state index is 11.4. The highest BCUT2D eigenvalue weighted by Gasteiger charge is 2.26. The Morgan fingerprint density at radius 2 is 0.368 bits per heavy atom. The molecule has 0 fully saturated rings. The fourth-order valence-electron chi connectivity index (χ4n) is 7.04. The monoisotopic (exact) mass is 1620 g/mol. The van der Waals surface area contributed by atoms with Gasteiger partial charge in [-0.05, 0) is 101 Å². The number of carbonyl (C=O) groups is 16. The zero-order valence-electron chi connectivity index (χ0n) is 82.8. The first-order chi connectivity index (χ1) is 50.1. The van der Waals surface area contributed by atoms with Gasteiger partial charge in [0, 0.05) is 178 Å². The second-order valence-electron chi connectivity index (χ2n) is 42.3. The lowest BCUT2D eigenvalue weighted by Crippen LogP contribution is -2.25. The fraction of sp³-hybridized carbons (Fsp3) is 0.830. The fourth-order valence-corrected chi connectivity index (χ4v) is 7.04. The first kappa shape index (κ1) is 131. The number of Topliss-reactive ketones (excluding diaryl/α,β-unsaturated/α-hetero) is 12. The Bertz CT molecular complexity index is 2650. The Balaban J connectivity index is -0.000000114. The van der Waals surface area contributed by atoms with Crippen LogP contribution in [0, 0.1) is 59.6 Å². The third-order valence-electron chi connectivity index (χ3n) is 16.0. The lowest BCUT2D eigenvalue weighted by Gasteiger charge is -2.18. The van der Waals surface area contributed by atoms with E-state index in [4.69, 9.17) is 0 Å². The Kier molecular flexibility index (Phi) is 73.7. The van der Waals surface area contributed by atoms with Crippen molar-refractivity contribution < 1.29 is 76.7 Å². The number of hydrogen-bond acceptors (Lipinski definition) is 16. The van der Waals surface area contributed by atoms with E-state index in [-0.39, 0.29) is 113 Å². The predicted molar refractivity (Wildman–Crippen MR) is 476 cm³/mol. The number of amides is 4. The minimum Gasteiger partial charge on any atom is -0.359 e. The van der Waals surface area contributed by atoms with Crippen molar-refractivity contribution in [1.82, 2.24) is 20.4 Å². The highest BCUT2D eigenvalue weighted by atomic mass is 16.2. The Morgan fingerprint density at radius 3 is 0.509 bits per heavy atom. The predicted octanol–water partition coefficient (Wildman–Crippen LogP) is 21.2. The van der Waals surface area contributed by atoms with E-state index in [9.17, 15) is 76.7 Å². The number of carbonyl (C=O) groups excluding carboxylic acids is 16. The lowest BCUT2D eigenvalue weighted by molar-refractivity contribution is -0.133. The van der Waals surface area contributed by atoms with Crippen molar-refractivity contribution in [2.45, 2.75) is 412 Å². The molecule has 0 aromatic heterocycles. The van der Waals surface area contributed by atoms with Crippen LogP contribution in [0.15, 0.2) is 0 Å². The molecule has 0 unspecified atom stereocenters. The molecule has 2 N–H and O–H groups in total. The molecule has 0 atom stereocenters. The molecule has 0 aliphatic heterocycles. The largest absolute Gasteiger partial charge is 0.359 e. The average Bonchev–Trinajstić information content (AvgIpc) is 0.925. The van der Waals surface area contributed by atoms with Gasteiger partial charge in [0.05, 0.1) is 0 Å². The van der Waals surface area contributed by atoms with E-state index in [1.165, 1.54) is 25.7 Å². The zero-order chi connectivity index (χ0) is 94.2. The molecule has 0 rings (SSSR count). The summed E-state index contributed by atoms with van der Waals surface area (Å²) in [6.07, 6.45) is 12.7. The second kappa shape index (κ2) is 64.0. The van der Waals surface area contributed by atoms with Gasteiger partial charge < -0.3 is 49.2 Å². The van der Waals surface area contributed by atoms with Crippen LogP contribution in [0.4, 0.5) is 0 Å². The van der Waals surface area contributed by atoms with Crippen LogP contribution in [-0.4, -0.2) is 145 Å². The highest BCUT2D eigenvalue weighted by molar-refractivity contribution is 5.91. The van der Waals surface area contributed by atoms with Crippen LogP contribution >= 0.6 is 0 Å². The smallest absolute Gasteiger partial charge is 0.222 e. The Labute approximate surface area is 700 Å². The van der Waals surface area contributed by atoms with Gasteiger partial charge in [-0.3, -0.25) is 47.9 Å². The summed E-state index contributed by atoms with van der Waals surface area (Å²) in [5.41, 5.74) is -0.198. The lowest BCUT2D eigenvalue weighted by atomic mass is 9.88. The van der Waals surface area contributed by atoms with E-state index in [0.717, 1.165) is 51.4 Å². The molecular weight excluding hydrogens is 1440 g/mol. The molecule has 0 aromatic carbocycles. The number of nitrogens with one attached hydrogen (secondary N) is 2. The Morgan fingerprint density at radius 1 is 0.211 bits per heavy atom. The second-order valence-corrected chi connectivity index (χ2v) is 42.3. The van der Waals surface area contributed by atoms with E-state index < -0.39 is 0 Å². The molecule has 674 valence electrons. The van der Waals surface area contributed by atoms with Crippen LogP contribution in [0.5, 0.6) is 0 Å². The van der Waals surface area contributed by atoms with Crippen LogP contribution in [-0.2, 0) is 76.7 Å². The van der Waals surface area contributed by atoms with Crippen LogP contribution in [0.25, 0.3) is 0 Å². The third kappa shape index (κ3) is 119. The van der Waals surface area contributed by atoms with E-state index in [2.05, 4.69) is 114 Å². The Hall–Kier alpha value is -6.08. The van der Waals surface area contributed by atoms with E-state index in [1.54, 1.807) is 68.0 Å². The van der Waals surface area contributed by atoms with E-state index in [1.807, 2.05) is 132 Å². The van der Waals surface area contributed by atoms with Gasteiger partial charge in [0.1, 0.15) is 69.4 Å². The summed E-state index contributed by atoms with van der Waals surface area (Å²) in [5.74, 6) is 2.52. The van der Waals surface area contributed by atoms with Crippen molar-refractivity contribution in [2.75, 3.05) is 42.3 Å². The van der Waals surface area contributed by atoms with Crippen molar-refractivity contribution >= 4 is 93.0 Å². The summed E-state index contributed by atoms with van der Waals surface area (Å²) < 4.78 is 0. The molecule has 0 aromatic rings. The summed E-state index contributed by atoms with van der Waals surface area (Å²) in [4.78, 5) is 177. The molecule has 0 bridgehead atoms. The van der Waals surface area contributed by atoms with Gasteiger partial charge in [0.25, 0.3) is 0 Å². The number of ketones is 12. The topological polar surface area (TPSA) is 304 Å². The SMILES string of the molecule is CC(=O)CCC(=O)C(C)(C)C.CC(=O)CCC(=O)C(C)(C)C.CC(=O)CCC(=O)C(C)(C)C.CC(=O)CCC(C)(C)C.CC(=O)CCC(C)(C)C.CC(=O)CCC(C)(C)C.CCC(=O)C(C)(C)C.CN(C)C(=O)CCC(=O)C(C)(C)C.CN(C)C(=O)CCC(C)(C)C.CNC(=O)CCC(=O)C(C)(C)C.CNC(=O)CCC(C)(C)C. The van der Waals surface area contributed by atoms with Crippen molar-refractivity contribution in [1.29, 1.82) is 0 Å². The van der Waals surface area contributed by atoms with Gasteiger partial charge in [-0.25, -0.2) is 0 Å². The molecule has 0 saturated heterocycles. The molecule has 4 amide bonds. The summed E-state index contributed by atoms with van der Waals surface area (Å²) in [5, 5.41) is 5.08. The first-order valence-electron chi connectivity index (χ1n) is 41.1. The molecule has 114 heavy (non-hydrogen) atoms. The minimum atomic E-state index is -0.327. The quantitative estimate of drug-likeness (QED) is 0.0813. The highest BCUT2D eigenvalue weighted by Crippen LogP contribution is 2.26. The summed E-state index contributed by atoms with van der Waals surface area (Å²) in [6.45, 7) is 77.4. The molecule has 0 aliphatic carbocycles. The molecule has 0 spiro atoms. The molecule has 20 nitrogen and oxygen atoms in total. The minimum absolute atomic E-state index is 0.0117. The van der Waals surface area contributed by atoms with Gasteiger partial charge in [0.15, 0.2) is 0 Å². The normalized spacial score (nSPS) is 11.3. The van der Waals surface area contributed by atoms with E-state index in [0.29, 0.717) is 123 Å². The average molecular weight is 1620 g/mol. The molecular formula is C94H182N4O16. The summed E-state index contributed by atoms with van der Waals surface area (Å²) in [6, 6.07) is 0. The van der Waals surface area contributed by atoms with Crippen LogP contribution in [0.3, 0.4) is 0 Å². The number of nitrogens with zero attached hydrogens (tertiary/aromatic N) is 2. The summed E-state index contributed by atoms with van der Waals surface area (Å²) in [7, 11) is 10.2. The van der Waals surface area contributed by atoms with Crippen LogP contribution < -0.4 is 10.6 Å². The molecule has 0 radical (unpaired) electrons. The maximum absolute atomic E-state index is 11.4. The third-order valence-corrected chi connectivity index (χ3v) is 16.0. The first-order valence-corrected chi connectivity index (χ1v) is 41.1. The molecule has 0 aliphatic rings. The molecule has 0 saturated carbocycles. The molecule has 20 heteroatoms. The van der Waals surface area contributed by atoms with Crippen molar-refractivity contribution in [2.24, 2.45) is 59.6 Å². The number of rotatable bonds is 26. The zero-order valence-corrected chi connectivity index (χ0v) is 82.8. The van der Waals surface area contributed by atoms with Crippen molar-refractivity contribution in [3.8, 4) is 0 Å². The standard InChI is InChI=1S/C10H19NO2.C9H17NO2.C9H19NO.3C9H16O2.C8H17NO.3C8H16O.C7H14O/c1-10(2,3)8(12)6-7-9(13)11(4)5;1-9(2,3)7(11)5-6-8(12)10-4;1-9(2,3)7-6-8(11)10(4)5;3*1-7(10)5-6-8(11)9(2,3)4;1-8(2,3)6-5-7(10)9-4;3*1-7(9)5-6-8(2,3)4;1-5-6(8)7(2,3)4/h6-7H2,1-5H3;5-6H2,1-4H3,(H,10,12);6-7H2,1-5H3;3*5-6H2,1-4H3;5-6H2,1-4H3,(H,9,10);3*5-6H2,1-4H3;5H2,1-4H3. The molecule has 0 heterocycles.